The summed E-state index contributed by atoms with van der Waals surface area (Å²) in [5.41, 5.74) is 0.0312. The van der Waals surface area contributed by atoms with E-state index in [2.05, 4.69) is 0 Å². The molecule has 17 heavy (non-hydrogen) atoms. The fourth-order valence-electron chi connectivity index (χ4n) is 2.12. The largest absolute Gasteiger partial charge is 0.416 e. The summed E-state index contributed by atoms with van der Waals surface area (Å²) in [7, 11) is 0. The highest BCUT2D eigenvalue weighted by atomic mass is 19.4. The van der Waals surface area contributed by atoms with Crippen molar-refractivity contribution in [3.63, 3.8) is 0 Å². The van der Waals surface area contributed by atoms with Gasteiger partial charge in [0.05, 0.1) is 5.56 Å². The Hall–Kier alpha value is -1.52. The molecule has 2 nitrogen and oxygen atoms in total. The first-order chi connectivity index (χ1) is 8.00. The van der Waals surface area contributed by atoms with Gasteiger partial charge < -0.3 is 4.90 Å². The van der Waals surface area contributed by atoms with Crippen molar-refractivity contribution in [1.29, 1.82) is 0 Å². The molecule has 0 radical (unpaired) electrons. The number of carbonyl (C=O) groups excluding carboxylic acids is 1. The van der Waals surface area contributed by atoms with Crippen LogP contribution in [0.25, 0.3) is 0 Å². The summed E-state index contributed by atoms with van der Waals surface area (Å²) in [4.78, 5) is 12.1. The Bertz CT molecular complexity index is 416. The Morgan fingerprint density at radius 2 is 2.12 bits per heavy atom. The molecule has 1 aromatic carbocycles. The van der Waals surface area contributed by atoms with Crippen molar-refractivity contribution in [2.24, 2.45) is 0 Å². The van der Waals surface area contributed by atoms with Crippen LogP contribution in [0.4, 0.5) is 13.2 Å². The Morgan fingerprint density at radius 1 is 1.35 bits per heavy atom. The second-order valence-corrected chi connectivity index (χ2v) is 4.21. The van der Waals surface area contributed by atoms with Crippen LogP contribution < -0.4 is 0 Å². The predicted molar refractivity (Wildman–Crippen MR) is 56.4 cm³/mol. The van der Waals surface area contributed by atoms with Crippen LogP contribution in [0, 0.1) is 0 Å². The molecule has 92 valence electrons. The number of alkyl halides is 3. The van der Waals surface area contributed by atoms with Gasteiger partial charge in [0.2, 0.25) is 6.41 Å². The van der Waals surface area contributed by atoms with Crippen molar-refractivity contribution >= 4 is 6.41 Å². The number of hydrogen-bond acceptors (Lipinski definition) is 1. The highest BCUT2D eigenvalue weighted by molar-refractivity contribution is 5.48. The van der Waals surface area contributed by atoms with Crippen molar-refractivity contribution in [3.8, 4) is 0 Å². The van der Waals surface area contributed by atoms with Crippen LogP contribution >= 0.6 is 0 Å². The number of halogens is 3. The lowest BCUT2D eigenvalue weighted by Gasteiger charge is -2.13. The first-order valence-electron chi connectivity index (χ1n) is 5.37. The minimum Gasteiger partial charge on any atom is -0.345 e. The van der Waals surface area contributed by atoms with Crippen LogP contribution in [-0.4, -0.2) is 24.4 Å². The standard InChI is InChI=1S/C12H12F3NO/c13-12(14,15)11-3-1-2-9(6-11)10-4-5-16(7-10)8-17/h1-3,6,8,10H,4-5,7H2. The fraction of sp³-hybridized carbons (Fsp3) is 0.417. The zero-order chi connectivity index (χ0) is 12.5. The van der Waals surface area contributed by atoms with Gasteiger partial charge in [-0.1, -0.05) is 18.2 Å². The number of hydrogen-bond donors (Lipinski definition) is 0. The lowest BCUT2D eigenvalue weighted by molar-refractivity contribution is -0.137. The Labute approximate surface area is 97.0 Å². The smallest absolute Gasteiger partial charge is 0.345 e. The molecular weight excluding hydrogens is 231 g/mol. The van der Waals surface area contributed by atoms with E-state index in [4.69, 9.17) is 0 Å². The summed E-state index contributed by atoms with van der Waals surface area (Å²) in [6.45, 7) is 1.12. The monoisotopic (exact) mass is 243 g/mol. The number of rotatable bonds is 2. The molecule has 2 rings (SSSR count). The van der Waals surface area contributed by atoms with Gasteiger partial charge in [0.1, 0.15) is 0 Å². The fourth-order valence-corrected chi connectivity index (χ4v) is 2.12. The van der Waals surface area contributed by atoms with Crippen LogP contribution in [0.5, 0.6) is 0 Å². The van der Waals surface area contributed by atoms with Crippen molar-refractivity contribution in [1.82, 2.24) is 4.90 Å². The van der Waals surface area contributed by atoms with Gasteiger partial charge in [-0.2, -0.15) is 13.2 Å². The summed E-state index contributed by atoms with van der Waals surface area (Å²) in [6, 6.07) is 5.35. The van der Waals surface area contributed by atoms with Crippen LogP contribution in [0.15, 0.2) is 24.3 Å². The lowest BCUT2D eigenvalue weighted by Crippen LogP contribution is -2.17. The highest BCUT2D eigenvalue weighted by Gasteiger charge is 2.31. The maximum absolute atomic E-state index is 12.5. The molecule has 1 aromatic rings. The molecule has 0 N–H and O–H groups in total. The van der Waals surface area contributed by atoms with E-state index in [1.165, 1.54) is 12.1 Å². The topological polar surface area (TPSA) is 20.3 Å². The molecule has 1 amide bonds. The van der Waals surface area contributed by atoms with Crippen molar-refractivity contribution in [2.75, 3.05) is 13.1 Å². The number of likely N-dealkylation sites (tertiary alicyclic amines) is 1. The SMILES string of the molecule is O=CN1CCC(c2cccc(C(F)(F)F)c2)C1. The van der Waals surface area contributed by atoms with Crippen molar-refractivity contribution in [2.45, 2.75) is 18.5 Å². The molecule has 1 fully saturated rings. The van der Waals surface area contributed by atoms with E-state index >= 15 is 0 Å². The summed E-state index contributed by atoms with van der Waals surface area (Å²) in [6.07, 6.45) is -2.84. The van der Waals surface area contributed by atoms with Crippen molar-refractivity contribution in [3.05, 3.63) is 35.4 Å². The lowest BCUT2D eigenvalue weighted by atomic mass is 9.96. The second kappa shape index (κ2) is 4.39. The molecule has 0 bridgehead atoms. The first kappa shape index (κ1) is 12.0. The van der Waals surface area contributed by atoms with Crippen LogP contribution in [-0.2, 0) is 11.0 Å². The van der Waals surface area contributed by atoms with E-state index in [1.807, 2.05) is 0 Å². The van der Waals surface area contributed by atoms with E-state index in [0.717, 1.165) is 18.9 Å². The maximum Gasteiger partial charge on any atom is 0.416 e. The summed E-state index contributed by atoms with van der Waals surface area (Å²) in [5.74, 6) is 0.0162. The van der Waals surface area contributed by atoms with Crippen molar-refractivity contribution < 1.29 is 18.0 Å². The Kier molecular flexibility index (Phi) is 3.09. The molecule has 1 atom stereocenters. The zero-order valence-corrected chi connectivity index (χ0v) is 9.07. The molecule has 1 saturated heterocycles. The molecule has 0 saturated carbocycles. The molecule has 0 aromatic heterocycles. The quantitative estimate of drug-likeness (QED) is 0.731. The molecule has 0 aliphatic carbocycles. The predicted octanol–water partition coefficient (Wildman–Crippen LogP) is 2.65. The van der Waals surface area contributed by atoms with E-state index < -0.39 is 11.7 Å². The third kappa shape index (κ3) is 2.60. The molecule has 1 unspecified atom stereocenters. The number of benzene rings is 1. The first-order valence-corrected chi connectivity index (χ1v) is 5.37. The van der Waals surface area contributed by atoms with E-state index in [9.17, 15) is 18.0 Å². The van der Waals surface area contributed by atoms with Crippen LogP contribution in [0.3, 0.4) is 0 Å². The van der Waals surface area contributed by atoms with Gasteiger partial charge in [-0.15, -0.1) is 0 Å². The van der Waals surface area contributed by atoms with Gasteiger partial charge in [0, 0.05) is 19.0 Å². The minimum absolute atomic E-state index is 0.0162. The van der Waals surface area contributed by atoms with E-state index in [0.29, 0.717) is 18.7 Å². The molecule has 1 aliphatic heterocycles. The number of amides is 1. The molecule has 0 spiro atoms. The molecule has 1 heterocycles. The number of nitrogens with zero attached hydrogens (tertiary/aromatic N) is 1. The average Bonchev–Trinajstić information content (AvgIpc) is 2.76. The third-order valence-corrected chi connectivity index (χ3v) is 3.05. The van der Waals surface area contributed by atoms with E-state index in [1.54, 1.807) is 11.0 Å². The molecule has 1 aliphatic rings. The summed E-state index contributed by atoms with van der Waals surface area (Å²) < 4.78 is 37.6. The average molecular weight is 243 g/mol. The normalized spacial score (nSPS) is 20.6. The van der Waals surface area contributed by atoms with E-state index in [-0.39, 0.29) is 5.92 Å². The van der Waals surface area contributed by atoms with Crippen LogP contribution in [0.2, 0.25) is 0 Å². The van der Waals surface area contributed by atoms with Gasteiger partial charge in [-0.25, -0.2) is 0 Å². The summed E-state index contributed by atoms with van der Waals surface area (Å²) >= 11 is 0. The highest BCUT2D eigenvalue weighted by Crippen LogP contribution is 2.33. The van der Waals surface area contributed by atoms with Gasteiger partial charge in [0.25, 0.3) is 0 Å². The van der Waals surface area contributed by atoms with Crippen LogP contribution in [0.1, 0.15) is 23.5 Å². The third-order valence-electron chi connectivity index (χ3n) is 3.05. The second-order valence-electron chi connectivity index (χ2n) is 4.21. The summed E-state index contributed by atoms with van der Waals surface area (Å²) in [5, 5.41) is 0. The maximum atomic E-state index is 12.5. The van der Waals surface area contributed by atoms with Gasteiger partial charge in [0.15, 0.2) is 0 Å². The zero-order valence-electron chi connectivity index (χ0n) is 9.07. The Balaban J connectivity index is 2.20. The Morgan fingerprint density at radius 3 is 2.71 bits per heavy atom. The van der Waals surface area contributed by atoms with Gasteiger partial charge >= 0.3 is 6.18 Å². The number of carbonyl (C=O) groups is 1. The minimum atomic E-state index is -4.31. The molecular formula is C12H12F3NO. The van der Waals surface area contributed by atoms with Gasteiger partial charge in [-0.3, -0.25) is 4.79 Å². The van der Waals surface area contributed by atoms with Gasteiger partial charge in [-0.05, 0) is 18.1 Å². The molecule has 5 heteroatoms.